The first kappa shape index (κ1) is 11.7. The van der Waals surface area contributed by atoms with Gasteiger partial charge in [0.1, 0.15) is 5.82 Å². The number of aryl methyl sites for hydroxylation is 1. The molecule has 4 heteroatoms. The van der Waals surface area contributed by atoms with Crippen LogP contribution in [0.4, 0.5) is 4.39 Å². The molecule has 0 atom stereocenters. The number of morpholine rings is 1. The zero-order valence-electron chi connectivity index (χ0n) is 10.5. The van der Waals surface area contributed by atoms with Crippen molar-refractivity contribution < 1.29 is 9.13 Å². The first-order valence-electron chi connectivity index (χ1n) is 6.28. The minimum atomic E-state index is -0.179. The van der Waals surface area contributed by atoms with E-state index in [-0.39, 0.29) is 5.82 Å². The quantitative estimate of drug-likeness (QED) is 0.810. The molecule has 0 aliphatic carbocycles. The predicted molar refractivity (Wildman–Crippen MR) is 69.0 cm³/mol. The van der Waals surface area contributed by atoms with Crippen molar-refractivity contribution in [1.29, 1.82) is 0 Å². The summed E-state index contributed by atoms with van der Waals surface area (Å²) in [7, 11) is 2.00. The Morgan fingerprint density at radius 2 is 2.00 bits per heavy atom. The van der Waals surface area contributed by atoms with Gasteiger partial charge in [0.25, 0.3) is 0 Å². The number of ether oxygens (including phenoxy) is 1. The Labute approximate surface area is 106 Å². The molecule has 96 valence electrons. The van der Waals surface area contributed by atoms with E-state index in [9.17, 15) is 4.39 Å². The van der Waals surface area contributed by atoms with E-state index in [0.717, 1.165) is 43.8 Å². The molecule has 1 aromatic heterocycles. The van der Waals surface area contributed by atoms with Gasteiger partial charge >= 0.3 is 0 Å². The van der Waals surface area contributed by atoms with Crippen molar-refractivity contribution in [2.45, 2.75) is 6.54 Å². The van der Waals surface area contributed by atoms with Gasteiger partial charge < -0.3 is 9.30 Å². The molecule has 0 N–H and O–H groups in total. The predicted octanol–water partition coefficient (Wildman–Crippen LogP) is 2.15. The Balaban J connectivity index is 1.89. The average Bonchev–Trinajstić information content (AvgIpc) is 2.68. The molecule has 2 heterocycles. The lowest BCUT2D eigenvalue weighted by atomic mass is 10.2. The molecule has 0 bridgehead atoms. The highest BCUT2D eigenvalue weighted by Crippen LogP contribution is 2.21. The van der Waals surface area contributed by atoms with Gasteiger partial charge in [-0.3, -0.25) is 4.90 Å². The lowest BCUT2D eigenvalue weighted by Crippen LogP contribution is -2.36. The molecule has 1 aliphatic rings. The number of nitrogens with zero attached hydrogens (tertiary/aromatic N) is 2. The van der Waals surface area contributed by atoms with E-state index in [1.54, 1.807) is 6.07 Å². The Bertz CT molecular complexity index is 558. The number of halogens is 1. The van der Waals surface area contributed by atoms with Crippen LogP contribution in [-0.4, -0.2) is 35.8 Å². The molecule has 1 aromatic carbocycles. The summed E-state index contributed by atoms with van der Waals surface area (Å²) in [6.07, 6.45) is 0. The van der Waals surface area contributed by atoms with Crippen LogP contribution in [0.15, 0.2) is 24.3 Å². The van der Waals surface area contributed by atoms with Gasteiger partial charge in [-0.25, -0.2) is 4.39 Å². The van der Waals surface area contributed by atoms with Crippen molar-refractivity contribution in [2.24, 2.45) is 7.05 Å². The fraction of sp³-hybridized carbons (Fsp3) is 0.429. The Kier molecular flexibility index (Phi) is 3.06. The molecule has 1 fully saturated rings. The third kappa shape index (κ3) is 2.13. The van der Waals surface area contributed by atoms with Gasteiger partial charge in [0.2, 0.25) is 0 Å². The van der Waals surface area contributed by atoms with Crippen LogP contribution < -0.4 is 0 Å². The molecule has 0 unspecified atom stereocenters. The van der Waals surface area contributed by atoms with E-state index in [1.807, 2.05) is 13.1 Å². The highest BCUT2D eigenvalue weighted by Gasteiger charge is 2.14. The van der Waals surface area contributed by atoms with E-state index in [0.29, 0.717) is 0 Å². The number of aromatic nitrogens is 1. The molecule has 0 amide bonds. The SMILES string of the molecule is Cn1c(CN2CCOCC2)cc2ccc(F)cc21. The minimum Gasteiger partial charge on any atom is -0.379 e. The van der Waals surface area contributed by atoms with E-state index < -0.39 is 0 Å². The second-order valence-corrected chi connectivity index (χ2v) is 4.79. The third-order valence-electron chi connectivity index (χ3n) is 3.60. The lowest BCUT2D eigenvalue weighted by molar-refractivity contribution is 0.0333. The molecule has 18 heavy (non-hydrogen) atoms. The van der Waals surface area contributed by atoms with Crippen LogP contribution in [0.25, 0.3) is 10.9 Å². The van der Waals surface area contributed by atoms with Crippen LogP contribution in [0.5, 0.6) is 0 Å². The van der Waals surface area contributed by atoms with Crippen LogP contribution >= 0.6 is 0 Å². The molecule has 2 aromatic rings. The third-order valence-corrected chi connectivity index (χ3v) is 3.60. The first-order valence-corrected chi connectivity index (χ1v) is 6.28. The summed E-state index contributed by atoms with van der Waals surface area (Å²) in [5.41, 5.74) is 2.18. The summed E-state index contributed by atoms with van der Waals surface area (Å²) in [5.74, 6) is -0.179. The zero-order chi connectivity index (χ0) is 12.5. The van der Waals surface area contributed by atoms with Crippen molar-refractivity contribution in [3.8, 4) is 0 Å². The van der Waals surface area contributed by atoms with Crippen LogP contribution in [-0.2, 0) is 18.3 Å². The van der Waals surface area contributed by atoms with E-state index in [4.69, 9.17) is 4.74 Å². The minimum absolute atomic E-state index is 0.179. The number of benzene rings is 1. The highest BCUT2D eigenvalue weighted by atomic mass is 19.1. The summed E-state index contributed by atoms with van der Waals surface area (Å²) in [6, 6.07) is 7.09. The van der Waals surface area contributed by atoms with Crippen molar-refractivity contribution >= 4 is 10.9 Å². The van der Waals surface area contributed by atoms with Crippen molar-refractivity contribution in [1.82, 2.24) is 9.47 Å². The largest absolute Gasteiger partial charge is 0.379 e. The van der Waals surface area contributed by atoms with Gasteiger partial charge in [0.05, 0.1) is 18.7 Å². The van der Waals surface area contributed by atoms with E-state index in [2.05, 4.69) is 15.5 Å². The summed E-state index contributed by atoms with van der Waals surface area (Å²) < 4.78 is 20.7. The number of hydrogen-bond donors (Lipinski definition) is 0. The molecule has 0 spiro atoms. The highest BCUT2D eigenvalue weighted by molar-refractivity contribution is 5.81. The second-order valence-electron chi connectivity index (χ2n) is 4.79. The van der Waals surface area contributed by atoms with E-state index in [1.165, 1.54) is 11.8 Å². The summed E-state index contributed by atoms with van der Waals surface area (Å²) in [6.45, 7) is 4.44. The van der Waals surface area contributed by atoms with Gasteiger partial charge in [-0.2, -0.15) is 0 Å². The number of hydrogen-bond acceptors (Lipinski definition) is 2. The Morgan fingerprint density at radius 3 is 2.78 bits per heavy atom. The first-order chi connectivity index (χ1) is 8.74. The van der Waals surface area contributed by atoms with Crippen LogP contribution in [0, 0.1) is 5.82 Å². The van der Waals surface area contributed by atoms with Crippen molar-refractivity contribution in [2.75, 3.05) is 26.3 Å². The van der Waals surface area contributed by atoms with Crippen LogP contribution in [0.2, 0.25) is 0 Å². The summed E-state index contributed by atoms with van der Waals surface area (Å²) >= 11 is 0. The molecular formula is C14H17FN2O. The van der Waals surface area contributed by atoms with Gasteiger partial charge in [0, 0.05) is 37.8 Å². The van der Waals surface area contributed by atoms with Gasteiger partial charge in [-0.05, 0) is 24.3 Å². The molecular weight excluding hydrogens is 231 g/mol. The topological polar surface area (TPSA) is 17.4 Å². The molecule has 0 saturated carbocycles. The lowest BCUT2D eigenvalue weighted by Gasteiger charge is -2.26. The maximum atomic E-state index is 13.2. The van der Waals surface area contributed by atoms with Gasteiger partial charge in [-0.1, -0.05) is 0 Å². The fourth-order valence-corrected chi connectivity index (χ4v) is 2.50. The maximum absolute atomic E-state index is 13.2. The van der Waals surface area contributed by atoms with Gasteiger partial charge in [-0.15, -0.1) is 0 Å². The molecule has 3 nitrogen and oxygen atoms in total. The van der Waals surface area contributed by atoms with Crippen LogP contribution in [0.3, 0.4) is 0 Å². The Morgan fingerprint density at radius 1 is 1.22 bits per heavy atom. The average molecular weight is 248 g/mol. The molecule has 0 radical (unpaired) electrons. The van der Waals surface area contributed by atoms with Gasteiger partial charge in [0.15, 0.2) is 0 Å². The van der Waals surface area contributed by atoms with Crippen molar-refractivity contribution in [3.05, 3.63) is 35.8 Å². The normalized spacial score (nSPS) is 17.4. The second kappa shape index (κ2) is 4.71. The number of rotatable bonds is 2. The maximum Gasteiger partial charge on any atom is 0.125 e. The van der Waals surface area contributed by atoms with E-state index >= 15 is 0 Å². The zero-order valence-corrected chi connectivity index (χ0v) is 10.5. The number of fused-ring (bicyclic) bond motifs is 1. The smallest absolute Gasteiger partial charge is 0.125 e. The van der Waals surface area contributed by atoms with Crippen LogP contribution in [0.1, 0.15) is 5.69 Å². The van der Waals surface area contributed by atoms with Crippen molar-refractivity contribution in [3.63, 3.8) is 0 Å². The fourth-order valence-electron chi connectivity index (χ4n) is 2.50. The molecule has 3 rings (SSSR count). The molecule has 1 aliphatic heterocycles. The monoisotopic (exact) mass is 248 g/mol. The summed E-state index contributed by atoms with van der Waals surface area (Å²) in [4.78, 5) is 2.37. The molecule has 1 saturated heterocycles. The standard InChI is InChI=1S/C14H17FN2O/c1-16-13(10-17-4-6-18-7-5-17)8-11-2-3-12(15)9-14(11)16/h2-3,8-9H,4-7,10H2,1H3. The summed E-state index contributed by atoms with van der Waals surface area (Å²) in [5, 5.41) is 1.10. The Hall–Kier alpha value is -1.39.